The van der Waals surface area contributed by atoms with Gasteiger partial charge < -0.3 is 38.3 Å². The number of carboxylic acids is 1. The minimum absolute atomic E-state index is 0.0413. The van der Waals surface area contributed by atoms with Gasteiger partial charge in [-0.1, -0.05) is 0 Å². The van der Waals surface area contributed by atoms with Gasteiger partial charge in [0.1, 0.15) is 12.1 Å². The van der Waals surface area contributed by atoms with Crippen molar-refractivity contribution in [2.45, 2.75) is 50.2 Å². The van der Waals surface area contributed by atoms with Crippen molar-refractivity contribution in [2.75, 3.05) is 18.6 Å². The summed E-state index contributed by atoms with van der Waals surface area (Å²) in [4.78, 5) is 69.5. The highest BCUT2D eigenvalue weighted by Gasteiger charge is 2.25. The zero-order valence-corrected chi connectivity index (χ0v) is 18.0. The van der Waals surface area contributed by atoms with Gasteiger partial charge in [-0.2, -0.15) is 11.8 Å². The maximum atomic E-state index is 12.4. The van der Waals surface area contributed by atoms with Crippen molar-refractivity contribution >= 4 is 47.3 Å². The van der Waals surface area contributed by atoms with Gasteiger partial charge in [-0.05, 0) is 31.3 Å². The molecule has 0 saturated carbocycles. The highest BCUT2D eigenvalue weighted by atomic mass is 32.2. The lowest BCUT2D eigenvalue weighted by atomic mass is 10.1. The summed E-state index contributed by atoms with van der Waals surface area (Å²) in [5.41, 5.74) is 15.7. The Balaban J connectivity index is 4.87. The van der Waals surface area contributed by atoms with E-state index in [9.17, 15) is 28.8 Å². The van der Waals surface area contributed by atoms with E-state index >= 15 is 0 Å². The van der Waals surface area contributed by atoms with Crippen LogP contribution in [0, 0.1) is 0 Å². The van der Waals surface area contributed by atoms with Crippen LogP contribution in [-0.2, 0) is 28.8 Å². The average molecular weight is 463 g/mol. The van der Waals surface area contributed by atoms with Crippen LogP contribution in [0.15, 0.2) is 0 Å². The SMILES string of the molecule is CSCCC(NC(=O)CNC(=O)C(CCC(N)=O)NC(=O)C(N)CCC(N)=O)C(=O)O. The fourth-order valence-electron chi connectivity index (χ4n) is 2.29. The lowest BCUT2D eigenvalue weighted by Crippen LogP contribution is -2.53. The fourth-order valence-corrected chi connectivity index (χ4v) is 2.76. The number of amides is 5. The summed E-state index contributed by atoms with van der Waals surface area (Å²) in [6, 6.07) is -3.45. The molecule has 0 aromatic rings. The second-order valence-electron chi connectivity index (χ2n) is 6.64. The van der Waals surface area contributed by atoms with Crippen molar-refractivity contribution in [3.05, 3.63) is 0 Å². The summed E-state index contributed by atoms with van der Waals surface area (Å²) in [6.45, 7) is -0.543. The van der Waals surface area contributed by atoms with Crippen LogP contribution in [0.25, 0.3) is 0 Å². The Morgan fingerprint density at radius 2 is 1.45 bits per heavy atom. The number of nitrogens with one attached hydrogen (secondary N) is 3. The zero-order valence-electron chi connectivity index (χ0n) is 17.2. The number of aliphatic carboxylic acids is 1. The molecule has 3 unspecified atom stereocenters. The van der Waals surface area contributed by atoms with Gasteiger partial charge in [0.2, 0.25) is 29.5 Å². The molecule has 0 aliphatic rings. The van der Waals surface area contributed by atoms with Crippen LogP contribution in [0.5, 0.6) is 0 Å². The molecule has 3 atom stereocenters. The third-order valence-electron chi connectivity index (χ3n) is 4.02. The number of carboxylic acid groups (broad SMARTS) is 1. The summed E-state index contributed by atoms with van der Waals surface area (Å²) in [5.74, 6) is -4.32. The molecule has 0 aromatic heterocycles. The largest absolute Gasteiger partial charge is 0.480 e. The van der Waals surface area contributed by atoms with E-state index < -0.39 is 60.2 Å². The molecular weight excluding hydrogens is 432 g/mol. The minimum Gasteiger partial charge on any atom is -0.480 e. The third-order valence-corrected chi connectivity index (χ3v) is 4.66. The van der Waals surface area contributed by atoms with Crippen molar-refractivity contribution in [3.8, 4) is 0 Å². The smallest absolute Gasteiger partial charge is 0.326 e. The molecule has 0 saturated heterocycles. The molecule has 31 heavy (non-hydrogen) atoms. The van der Waals surface area contributed by atoms with Gasteiger partial charge in [-0.15, -0.1) is 0 Å². The van der Waals surface area contributed by atoms with Crippen LogP contribution in [-0.4, -0.2) is 77.3 Å². The Kier molecular flexibility index (Phi) is 13.6. The van der Waals surface area contributed by atoms with Gasteiger partial charge in [0.15, 0.2) is 0 Å². The standard InChI is InChI=1S/C17H30N6O7S/c1-31-7-6-11(17(29)30)22-14(26)8-21-16(28)10(3-5-13(20)25)23-15(27)9(18)2-4-12(19)24/h9-11H,2-8,18H2,1H3,(H2,19,24)(H2,20,25)(H,21,28)(H,22,26)(H,23,27)(H,29,30). The first-order valence-electron chi connectivity index (χ1n) is 9.39. The highest BCUT2D eigenvalue weighted by molar-refractivity contribution is 7.98. The summed E-state index contributed by atoms with van der Waals surface area (Å²) in [6.07, 6.45) is 1.45. The predicted octanol–water partition coefficient (Wildman–Crippen LogP) is -3.23. The molecule has 14 heteroatoms. The Labute approximate surface area is 183 Å². The predicted molar refractivity (Wildman–Crippen MR) is 112 cm³/mol. The molecule has 0 aliphatic carbocycles. The summed E-state index contributed by atoms with van der Waals surface area (Å²) in [5, 5.41) is 16.0. The van der Waals surface area contributed by atoms with Crippen LogP contribution in [0.3, 0.4) is 0 Å². The third kappa shape index (κ3) is 13.1. The van der Waals surface area contributed by atoms with Crippen LogP contribution in [0.4, 0.5) is 0 Å². The Bertz CT molecular complexity index is 675. The highest BCUT2D eigenvalue weighted by Crippen LogP contribution is 2.02. The van der Waals surface area contributed by atoms with Gasteiger partial charge in [0, 0.05) is 12.8 Å². The molecule has 0 rings (SSSR count). The zero-order chi connectivity index (χ0) is 24.0. The van der Waals surface area contributed by atoms with Crippen molar-refractivity contribution in [2.24, 2.45) is 17.2 Å². The number of carbonyl (C=O) groups excluding carboxylic acids is 5. The molecule has 0 aliphatic heterocycles. The minimum atomic E-state index is -1.22. The van der Waals surface area contributed by atoms with E-state index in [4.69, 9.17) is 22.3 Å². The number of primary amides is 2. The van der Waals surface area contributed by atoms with Crippen molar-refractivity contribution in [1.82, 2.24) is 16.0 Å². The van der Waals surface area contributed by atoms with E-state index in [-0.39, 0.29) is 32.1 Å². The molecule has 0 aromatic carbocycles. The lowest BCUT2D eigenvalue weighted by Gasteiger charge is -2.20. The molecule has 0 bridgehead atoms. The van der Waals surface area contributed by atoms with E-state index in [1.807, 2.05) is 0 Å². The van der Waals surface area contributed by atoms with E-state index in [1.54, 1.807) is 6.26 Å². The fraction of sp³-hybridized carbons (Fsp3) is 0.647. The average Bonchev–Trinajstić information content (AvgIpc) is 2.69. The van der Waals surface area contributed by atoms with E-state index in [2.05, 4.69) is 16.0 Å². The second-order valence-corrected chi connectivity index (χ2v) is 7.62. The number of hydrogen-bond acceptors (Lipinski definition) is 8. The first-order valence-corrected chi connectivity index (χ1v) is 10.8. The number of nitrogens with two attached hydrogens (primary N) is 3. The first kappa shape index (κ1) is 28.1. The molecule has 0 spiro atoms. The van der Waals surface area contributed by atoms with E-state index in [0.29, 0.717) is 5.75 Å². The molecule has 176 valence electrons. The molecular formula is C17H30N6O7S. The normalized spacial score (nSPS) is 13.4. The topological polar surface area (TPSA) is 237 Å². The summed E-state index contributed by atoms with van der Waals surface area (Å²) >= 11 is 1.42. The quantitative estimate of drug-likeness (QED) is 0.122. The van der Waals surface area contributed by atoms with E-state index in [0.717, 1.165) is 0 Å². The van der Waals surface area contributed by atoms with Crippen molar-refractivity contribution < 1.29 is 33.9 Å². The molecule has 0 heterocycles. The Morgan fingerprint density at radius 3 is 1.97 bits per heavy atom. The number of carbonyl (C=O) groups is 6. The maximum Gasteiger partial charge on any atom is 0.326 e. The van der Waals surface area contributed by atoms with Crippen LogP contribution in [0.1, 0.15) is 32.1 Å². The molecule has 0 radical (unpaired) electrons. The van der Waals surface area contributed by atoms with Gasteiger partial charge in [0.25, 0.3) is 0 Å². The Morgan fingerprint density at radius 1 is 0.871 bits per heavy atom. The first-order chi connectivity index (χ1) is 14.5. The molecule has 13 nitrogen and oxygen atoms in total. The molecule has 5 amide bonds. The van der Waals surface area contributed by atoms with Crippen LogP contribution in [0.2, 0.25) is 0 Å². The molecule has 0 fully saturated rings. The van der Waals surface area contributed by atoms with Crippen molar-refractivity contribution in [1.29, 1.82) is 0 Å². The van der Waals surface area contributed by atoms with Gasteiger partial charge >= 0.3 is 5.97 Å². The number of thioether (sulfide) groups is 1. The summed E-state index contributed by atoms with van der Waals surface area (Å²) in [7, 11) is 0. The van der Waals surface area contributed by atoms with Gasteiger partial charge in [0.05, 0.1) is 12.6 Å². The van der Waals surface area contributed by atoms with E-state index in [1.165, 1.54) is 11.8 Å². The second kappa shape index (κ2) is 15.0. The van der Waals surface area contributed by atoms with Crippen LogP contribution < -0.4 is 33.2 Å². The summed E-state index contributed by atoms with van der Waals surface area (Å²) < 4.78 is 0. The van der Waals surface area contributed by atoms with Gasteiger partial charge in [-0.3, -0.25) is 24.0 Å². The maximum absolute atomic E-state index is 12.4. The number of rotatable bonds is 16. The van der Waals surface area contributed by atoms with Gasteiger partial charge in [-0.25, -0.2) is 4.79 Å². The lowest BCUT2D eigenvalue weighted by molar-refractivity contribution is -0.141. The van der Waals surface area contributed by atoms with Crippen LogP contribution >= 0.6 is 11.8 Å². The Hall–Kier alpha value is -2.87. The molecule has 10 N–H and O–H groups in total. The number of hydrogen-bond donors (Lipinski definition) is 7. The monoisotopic (exact) mass is 462 g/mol. The van der Waals surface area contributed by atoms with Crippen molar-refractivity contribution in [3.63, 3.8) is 0 Å².